The van der Waals surface area contributed by atoms with E-state index < -0.39 is 17.7 Å². The summed E-state index contributed by atoms with van der Waals surface area (Å²) in [6, 6.07) is 20.1. The molecule has 0 bridgehead atoms. The molecule has 0 unspecified atom stereocenters. The van der Waals surface area contributed by atoms with Gasteiger partial charge in [0.05, 0.1) is 15.7 Å². The maximum atomic E-state index is 11.6. The van der Waals surface area contributed by atoms with E-state index in [0.717, 1.165) is 22.9 Å². The molecule has 0 radical (unpaired) electrons. The first-order chi connectivity index (χ1) is 17.3. The van der Waals surface area contributed by atoms with E-state index in [1.54, 1.807) is 6.07 Å². The number of anilines is 1. The molecule has 1 heterocycles. The molecule has 36 heavy (non-hydrogen) atoms. The van der Waals surface area contributed by atoms with Crippen LogP contribution in [0.5, 0.6) is 11.5 Å². The minimum absolute atomic E-state index is 0.146. The van der Waals surface area contributed by atoms with Crippen LogP contribution in [-0.4, -0.2) is 27.8 Å². The molecule has 1 aromatic heterocycles. The second kappa shape index (κ2) is 10.8. The van der Waals surface area contributed by atoms with Gasteiger partial charge in [0.2, 0.25) is 5.71 Å². The number of carboxylic acid groups (broad SMARTS) is 1. The number of hydrogen-bond donors (Lipinski definition) is 4. The van der Waals surface area contributed by atoms with Crippen molar-refractivity contribution in [2.75, 3.05) is 5.43 Å². The molecule has 0 saturated carbocycles. The summed E-state index contributed by atoms with van der Waals surface area (Å²) in [5, 5.41) is 24.0. The molecule has 0 aliphatic heterocycles. The number of nitriles is 1. The van der Waals surface area contributed by atoms with Crippen molar-refractivity contribution in [1.29, 1.82) is 5.26 Å². The molecule has 0 fully saturated rings. The molecule has 9 nitrogen and oxygen atoms in total. The van der Waals surface area contributed by atoms with Crippen molar-refractivity contribution in [3.8, 4) is 17.6 Å². The Morgan fingerprint density at radius 3 is 2.47 bits per heavy atom. The molecule has 0 atom stereocenters. The topological polar surface area (TPSA) is 140 Å². The number of aromatic nitrogens is 1. The lowest BCUT2D eigenvalue weighted by Crippen LogP contribution is -2.34. The predicted molar refractivity (Wildman–Crippen MR) is 137 cm³/mol. The minimum atomic E-state index is -1.61. The minimum Gasteiger partial charge on any atom is -0.465 e. The smallest absolute Gasteiger partial charge is 0.411 e. The van der Waals surface area contributed by atoms with Gasteiger partial charge in [-0.3, -0.25) is 15.5 Å². The van der Waals surface area contributed by atoms with Crippen LogP contribution in [-0.2, 0) is 11.2 Å². The number of hydrazone groups is 1. The summed E-state index contributed by atoms with van der Waals surface area (Å²) in [5.41, 5.74) is 5.26. The van der Waals surface area contributed by atoms with Crippen molar-refractivity contribution in [3.63, 3.8) is 0 Å². The number of nitrogens with one attached hydrogen (secondary N) is 3. The van der Waals surface area contributed by atoms with Crippen LogP contribution >= 0.6 is 23.2 Å². The summed E-state index contributed by atoms with van der Waals surface area (Å²) in [6.45, 7) is 0. The number of nitrogens with zero attached hydrogens (tertiary/aromatic N) is 2. The molecule has 4 aromatic rings. The van der Waals surface area contributed by atoms with E-state index in [4.69, 9.17) is 38.3 Å². The van der Waals surface area contributed by atoms with Crippen molar-refractivity contribution in [2.24, 2.45) is 5.10 Å². The van der Waals surface area contributed by atoms with Gasteiger partial charge in [0.1, 0.15) is 11.8 Å². The molecule has 0 aliphatic rings. The molecule has 0 saturated heterocycles. The number of benzene rings is 3. The van der Waals surface area contributed by atoms with Crippen LogP contribution < -0.4 is 15.5 Å². The van der Waals surface area contributed by atoms with Crippen LogP contribution in [0.3, 0.4) is 0 Å². The van der Waals surface area contributed by atoms with E-state index in [1.165, 1.54) is 29.1 Å². The first-order valence-corrected chi connectivity index (χ1v) is 11.2. The lowest BCUT2D eigenvalue weighted by atomic mass is 10.0. The standard InChI is InChI=1S/C25H17Cl2N5O4/c26-19-9-16(31-32-22(12-28)24(33)30-25(34)35)10-20(27)23(19)36-17-6-7-21-18(11-17)15(13-29-21)8-14-4-2-1-3-5-14/h1-7,9-11,13,29,31H,8H2,(H,30,33)(H,34,35). The average Bonchev–Trinajstić information content (AvgIpc) is 3.24. The quantitative estimate of drug-likeness (QED) is 0.175. The molecule has 0 spiro atoms. The second-order valence-corrected chi connectivity index (χ2v) is 8.31. The Balaban J connectivity index is 1.54. The third-order valence-corrected chi connectivity index (χ3v) is 5.59. The van der Waals surface area contributed by atoms with Crippen LogP contribution in [0, 0.1) is 11.3 Å². The third-order valence-electron chi connectivity index (χ3n) is 5.03. The maximum absolute atomic E-state index is 11.6. The highest BCUT2D eigenvalue weighted by atomic mass is 35.5. The number of rotatable bonds is 7. The van der Waals surface area contributed by atoms with Crippen LogP contribution in [0.25, 0.3) is 10.9 Å². The summed E-state index contributed by atoms with van der Waals surface area (Å²) < 4.78 is 5.98. The Hall–Kier alpha value is -4.52. The summed E-state index contributed by atoms with van der Waals surface area (Å²) in [5.74, 6) is -0.450. The average molecular weight is 522 g/mol. The van der Waals surface area contributed by atoms with Crippen molar-refractivity contribution in [2.45, 2.75) is 6.42 Å². The molecule has 11 heteroatoms. The normalized spacial score (nSPS) is 11.1. The molecule has 4 rings (SSSR count). The van der Waals surface area contributed by atoms with Gasteiger partial charge in [0.15, 0.2) is 5.75 Å². The van der Waals surface area contributed by atoms with Gasteiger partial charge < -0.3 is 14.8 Å². The number of carbonyl (C=O) groups excluding carboxylic acids is 1. The lowest BCUT2D eigenvalue weighted by molar-refractivity contribution is -0.114. The largest absolute Gasteiger partial charge is 0.465 e. The van der Waals surface area contributed by atoms with Crippen LogP contribution in [0.2, 0.25) is 10.0 Å². The van der Waals surface area contributed by atoms with Gasteiger partial charge >= 0.3 is 6.09 Å². The monoisotopic (exact) mass is 521 g/mol. The SMILES string of the molecule is N#CC(=NNc1cc(Cl)c(Oc2ccc3[nH]cc(Cc4ccccc4)c3c2)c(Cl)c1)C(=O)NC(=O)O. The molecule has 2 amide bonds. The Morgan fingerprint density at radius 2 is 1.81 bits per heavy atom. The fourth-order valence-electron chi connectivity index (χ4n) is 3.43. The summed E-state index contributed by atoms with van der Waals surface area (Å²) in [7, 11) is 0. The highest BCUT2D eigenvalue weighted by molar-refractivity contribution is 6.46. The highest BCUT2D eigenvalue weighted by Crippen LogP contribution is 2.39. The Morgan fingerprint density at radius 1 is 1.08 bits per heavy atom. The Kier molecular flexibility index (Phi) is 7.39. The number of hydrogen-bond acceptors (Lipinski definition) is 6. The van der Waals surface area contributed by atoms with E-state index in [9.17, 15) is 9.59 Å². The lowest BCUT2D eigenvalue weighted by Gasteiger charge is -2.12. The summed E-state index contributed by atoms with van der Waals surface area (Å²) in [6.07, 6.45) is 1.11. The van der Waals surface area contributed by atoms with Gasteiger partial charge in [-0.15, -0.1) is 0 Å². The van der Waals surface area contributed by atoms with Gasteiger partial charge in [0.25, 0.3) is 5.91 Å². The van der Waals surface area contributed by atoms with E-state index >= 15 is 0 Å². The van der Waals surface area contributed by atoms with Gasteiger partial charge in [0, 0.05) is 17.1 Å². The van der Waals surface area contributed by atoms with Crippen molar-refractivity contribution < 1.29 is 19.4 Å². The number of halogens is 2. The van der Waals surface area contributed by atoms with Gasteiger partial charge in [-0.2, -0.15) is 10.4 Å². The van der Waals surface area contributed by atoms with E-state index in [2.05, 4.69) is 27.6 Å². The molecule has 3 aromatic carbocycles. The van der Waals surface area contributed by atoms with E-state index in [0.29, 0.717) is 5.75 Å². The first-order valence-electron chi connectivity index (χ1n) is 10.4. The molecule has 180 valence electrons. The number of carbonyl (C=O) groups is 2. The number of ether oxygens (including phenoxy) is 1. The zero-order valence-electron chi connectivity index (χ0n) is 18.4. The number of H-pyrrole nitrogens is 1. The molecule has 4 N–H and O–H groups in total. The fourth-order valence-corrected chi connectivity index (χ4v) is 3.99. The van der Waals surface area contributed by atoms with Crippen molar-refractivity contribution in [1.82, 2.24) is 10.3 Å². The first kappa shape index (κ1) is 24.6. The fraction of sp³-hybridized carbons (Fsp3) is 0.0400. The van der Waals surface area contributed by atoms with Gasteiger partial charge in [-0.1, -0.05) is 53.5 Å². The van der Waals surface area contributed by atoms with Crippen molar-refractivity contribution in [3.05, 3.63) is 88.0 Å². The highest BCUT2D eigenvalue weighted by Gasteiger charge is 2.16. The molecular formula is C25H17Cl2N5O4. The summed E-state index contributed by atoms with van der Waals surface area (Å²) in [4.78, 5) is 25.5. The van der Waals surface area contributed by atoms with E-state index in [1.807, 2.05) is 36.5 Å². The number of amides is 2. The zero-order valence-corrected chi connectivity index (χ0v) is 19.9. The number of fused-ring (bicyclic) bond motifs is 1. The summed E-state index contributed by atoms with van der Waals surface area (Å²) >= 11 is 12.7. The van der Waals surface area contributed by atoms with Crippen molar-refractivity contribution >= 4 is 57.5 Å². The van der Waals surface area contributed by atoms with Crippen LogP contribution in [0.15, 0.2) is 72.0 Å². The number of imide groups is 1. The predicted octanol–water partition coefficient (Wildman–Crippen LogP) is 5.94. The second-order valence-electron chi connectivity index (χ2n) is 7.50. The molecule has 0 aliphatic carbocycles. The number of aromatic amines is 1. The Labute approximate surface area is 214 Å². The maximum Gasteiger partial charge on any atom is 0.411 e. The van der Waals surface area contributed by atoms with Crippen LogP contribution in [0.1, 0.15) is 11.1 Å². The van der Waals surface area contributed by atoms with Crippen LogP contribution in [0.4, 0.5) is 10.5 Å². The zero-order chi connectivity index (χ0) is 25.7. The Bertz CT molecular complexity index is 1500. The molecular weight excluding hydrogens is 505 g/mol. The third kappa shape index (κ3) is 5.75. The van der Waals surface area contributed by atoms with E-state index in [-0.39, 0.29) is 21.5 Å². The van der Waals surface area contributed by atoms with Gasteiger partial charge in [-0.05, 0) is 47.9 Å². The van der Waals surface area contributed by atoms with Gasteiger partial charge in [-0.25, -0.2) is 4.79 Å².